The van der Waals surface area contributed by atoms with Crippen molar-refractivity contribution >= 4 is 11.6 Å². The summed E-state index contributed by atoms with van der Waals surface area (Å²) in [5.41, 5.74) is 7.06. The number of nitrogens with zero attached hydrogens (tertiary/aromatic N) is 2. The number of nitrogens with one attached hydrogen (secondary N) is 1. The van der Waals surface area contributed by atoms with Gasteiger partial charge in [-0.3, -0.25) is 9.69 Å². The molecule has 3 aliphatic rings. The second-order valence-corrected chi connectivity index (χ2v) is 10.4. The molecule has 3 aliphatic heterocycles. The minimum atomic E-state index is 0.00669. The van der Waals surface area contributed by atoms with Crippen molar-refractivity contribution in [1.29, 1.82) is 0 Å². The van der Waals surface area contributed by atoms with Gasteiger partial charge in [0.05, 0.1) is 14.2 Å². The van der Waals surface area contributed by atoms with Gasteiger partial charge in [0.25, 0.3) is 5.91 Å². The van der Waals surface area contributed by atoms with Crippen LogP contribution in [0.1, 0.15) is 45.5 Å². The summed E-state index contributed by atoms with van der Waals surface area (Å²) in [5.74, 6) is 2.54. The number of hydrogen-bond acceptors (Lipinski definition) is 6. The molecule has 3 aromatic carbocycles. The van der Waals surface area contributed by atoms with Crippen LogP contribution in [0, 0.1) is 0 Å². The Hall–Kier alpha value is -3.71. The third kappa shape index (κ3) is 5.03. The summed E-state index contributed by atoms with van der Waals surface area (Å²) in [7, 11) is 3.40. The largest absolute Gasteiger partial charge is 0.497 e. The number of fused-ring (bicyclic) bond motifs is 2. The molecular formula is C31H35N3O4. The van der Waals surface area contributed by atoms with Gasteiger partial charge in [-0.1, -0.05) is 12.1 Å². The van der Waals surface area contributed by atoms with Crippen molar-refractivity contribution in [2.45, 2.75) is 45.0 Å². The first kappa shape index (κ1) is 24.6. The van der Waals surface area contributed by atoms with E-state index >= 15 is 0 Å². The smallest absolute Gasteiger partial charge is 0.251 e. The molecule has 198 valence electrons. The lowest BCUT2D eigenvalue weighted by Gasteiger charge is -2.32. The number of amides is 1. The second kappa shape index (κ2) is 10.6. The molecule has 7 heteroatoms. The summed E-state index contributed by atoms with van der Waals surface area (Å²) < 4.78 is 17.3. The molecule has 1 fully saturated rings. The fourth-order valence-electron chi connectivity index (χ4n) is 5.95. The zero-order valence-electron chi connectivity index (χ0n) is 22.2. The van der Waals surface area contributed by atoms with Crippen LogP contribution in [0.4, 0.5) is 5.69 Å². The molecule has 1 saturated heterocycles. The maximum absolute atomic E-state index is 11.8. The van der Waals surface area contributed by atoms with Gasteiger partial charge < -0.3 is 24.4 Å². The minimum absolute atomic E-state index is 0.00669. The maximum Gasteiger partial charge on any atom is 0.251 e. The Morgan fingerprint density at radius 2 is 1.82 bits per heavy atom. The van der Waals surface area contributed by atoms with Gasteiger partial charge in [0.1, 0.15) is 23.4 Å². The van der Waals surface area contributed by atoms with E-state index in [1.165, 1.54) is 22.4 Å². The summed E-state index contributed by atoms with van der Waals surface area (Å²) in [6.45, 7) is 5.32. The molecule has 0 radical (unpaired) electrons. The highest BCUT2D eigenvalue weighted by molar-refractivity contribution is 5.98. The highest BCUT2D eigenvalue weighted by Crippen LogP contribution is 2.33. The van der Waals surface area contributed by atoms with Crippen LogP contribution < -0.4 is 24.4 Å². The number of anilines is 1. The number of hydrogen-bond donors (Lipinski definition) is 1. The number of aryl methyl sites for hydroxylation is 1. The molecule has 0 spiro atoms. The Morgan fingerprint density at radius 3 is 2.68 bits per heavy atom. The Bertz CT molecular complexity index is 1340. The van der Waals surface area contributed by atoms with Gasteiger partial charge in [0.15, 0.2) is 0 Å². The van der Waals surface area contributed by atoms with Crippen molar-refractivity contribution < 1.29 is 19.0 Å². The summed E-state index contributed by atoms with van der Waals surface area (Å²) in [4.78, 5) is 16.7. The monoisotopic (exact) mass is 513 g/mol. The topological polar surface area (TPSA) is 63.3 Å². The van der Waals surface area contributed by atoms with Gasteiger partial charge >= 0.3 is 0 Å². The SMILES string of the molecule is COc1ccc(CN2CCCc3cc(CN4CC[C@H](Oc5ccc6c(c5)CNC6=O)C4)ccc32)c(OC)c1. The number of likely N-dealkylation sites (tertiary alicyclic amines) is 1. The predicted molar refractivity (Wildman–Crippen MR) is 147 cm³/mol. The molecule has 1 atom stereocenters. The third-order valence-corrected chi connectivity index (χ3v) is 7.91. The van der Waals surface area contributed by atoms with E-state index in [1.807, 2.05) is 30.3 Å². The lowest BCUT2D eigenvalue weighted by molar-refractivity contribution is 0.0965. The first-order valence-corrected chi connectivity index (χ1v) is 13.5. The number of carbonyl (C=O) groups is 1. The molecule has 0 aliphatic carbocycles. The molecule has 38 heavy (non-hydrogen) atoms. The molecular weight excluding hydrogens is 478 g/mol. The second-order valence-electron chi connectivity index (χ2n) is 10.4. The zero-order valence-corrected chi connectivity index (χ0v) is 22.2. The van der Waals surface area contributed by atoms with E-state index in [2.05, 4.69) is 39.4 Å². The normalized spacial score (nSPS) is 18.6. The number of carbonyl (C=O) groups excluding carboxylic acids is 1. The highest BCUT2D eigenvalue weighted by atomic mass is 16.5. The molecule has 6 rings (SSSR count). The summed E-state index contributed by atoms with van der Waals surface area (Å²) in [6.07, 6.45) is 3.44. The Balaban J connectivity index is 1.08. The third-order valence-electron chi connectivity index (χ3n) is 7.91. The molecule has 0 bridgehead atoms. The number of benzene rings is 3. The molecule has 0 saturated carbocycles. The number of rotatable bonds is 8. The summed E-state index contributed by atoms with van der Waals surface area (Å²) in [6, 6.07) is 18.8. The van der Waals surface area contributed by atoms with Gasteiger partial charge in [-0.25, -0.2) is 0 Å². The fraction of sp³-hybridized carbons (Fsp3) is 0.387. The summed E-state index contributed by atoms with van der Waals surface area (Å²) >= 11 is 0. The van der Waals surface area contributed by atoms with Crippen LogP contribution in [0.25, 0.3) is 0 Å². The Kier molecular flexibility index (Phi) is 6.85. The van der Waals surface area contributed by atoms with Gasteiger partial charge in [-0.05, 0) is 72.4 Å². The average Bonchev–Trinajstić information content (AvgIpc) is 3.54. The highest BCUT2D eigenvalue weighted by Gasteiger charge is 2.26. The van der Waals surface area contributed by atoms with E-state index in [9.17, 15) is 4.79 Å². The molecule has 1 N–H and O–H groups in total. The quantitative estimate of drug-likeness (QED) is 0.477. The van der Waals surface area contributed by atoms with Gasteiger partial charge in [-0.15, -0.1) is 0 Å². The molecule has 3 aromatic rings. The fourth-order valence-corrected chi connectivity index (χ4v) is 5.95. The van der Waals surface area contributed by atoms with Crippen LogP contribution in [0.15, 0.2) is 54.6 Å². The molecule has 3 heterocycles. The summed E-state index contributed by atoms with van der Waals surface area (Å²) in [5, 5.41) is 2.87. The Morgan fingerprint density at radius 1 is 0.921 bits per heavy atom. The van der Waals surface area contributed by atoms with Gasteiger partial charge in [0, 0.05) is 62.1 Å². The van der Waals surface area contributed by atoms with Crippen molar-refractivity contribution in [2.75, 3.05) is 38.8 Å². The number of methoxy groups -OCH3 is 2. The molecule has 0 aromatic heterocycles. The van der Waals surface area contributed by atoms with Crippen molar-refractivity contribution in [1.82, 2.24) is 10.2 Å². The number of ether oxygens (including phenoxy) is 3. The maximum atomic E-state index is 11.8. The predicted octanol–water partition coefficient (Wildman–Crippen LogP) is 4.55. The molecule has 0 unspecified atom stereocenters. The van der Waals surface area contributed by atoms with E-state index in [0.29, 0.717) is 6.54 Å². The lowest BCUT2D eigenvalue weighted by atomic mass is 9.98. The van der Waals surface area contributed by atoms with Gasteiger partial charge in [-0.2, -0.15) is 0 Å². The lowest BCUT2D eigenvalue weighted by Crippen LogP contribution is -2.29. The first-order chi connectivity index (χ1) is 18.6. The average molecular weight is 514 g/mol. The van der Waals surface area contributed by atoms with Crippen LogP contribution in [0.5, 0.6) is 17.2 Å². The van der Waals surface area contributed by atoms with Crippen molar-refractivity contribution in [3.8, 4) is 17.2 Å². The van der Waals surface area contributed by atoms with Crippen molar-refractivity contribution in [3.63, 3.8) is 0 Å². The Labute approximate surface area is 224 Å². The van der Waals surface area contributed by atoms with E-state index < -0.39 is 0 Å². The van der Waals surface area contributed by atoms with Crippen LogP contribution in [-0.2, 0) is 26.1 Å². The van der Waals surface area contributed by atoms with Crippen LogP contribution in [0.3, 0.4) is 0 Å². The van der Waals surface area contributed by atoms with Crippen LogP contribution in [0.2, 0.25) is 0 Å². The van der Waals surface area contributed by atoms with Crippen LogP contribution in [-0.4, -0.2) is 50.8 Å². The van der Waals surface area contributed by atoms with Crippen molar-refractivity contribution in [3.05, 3.63) is 82.4 Å². The molecule has 7 nitrogen and oxygen atoms in total. The van der Waals surface area contributed by atoms with E-state index in [4.69, 9.17) is 14.2 Å². The first-order valence-electron chi connectivity index (χ1n) is 13.5. The van der Waals surface area contributed by atoms with E-state index in [1.54, 1.807) is 14.2 Å². The van der Waals surface area contributed by atoms with Crippen LogP contribution >= 0.6 is 0 Å². The minimum Gasteiger partial charge on any atom is -0.497 e. The van der Waals surface area contributed by atoms with Gasteiger partial charge in [0.2, 0.25) is 0 Å². The zero-order chi connectivity index (χ0) is 26.1. The van der Waals surface area contributed by atoms with Crippen molar-refractivity contribution in [2.24, 2.45) is 0 Å². The van der Waals surface area contributed by atoms with E-state index in [0.717, 1.165) is 80.4 Å². The van der Waals surface area contributed by atoms with E-state index in [-0.39, 0.29) is 12.0 Å². The molecule has 1 amide bonds. The standard InChI is InChI=1S/C31H35N3O4/c1-36-25-7-6-23(30(16-25)37-2)19-34-12-3-4-22-14-21(5-10-29(22)34)18-33-13-11-27(20-33)38-26-8-9-28-24(15-26)17-32-31(28)35/h5-10,14-16,27H,3-4,11-13,17-20H2,1-2H3,(H,32,35)/t27-/m0/s1.